The largest absolute Gasteiger partial charge is 0.342 e. The minimum Gasteiger partial charge on any atom is -0.342 e. The number of rotatable bonds is 5. The predicted molar refractivity (Wildman–Crippen MR) is 130 cm³/mol. The minimum atomic E-state index is -0.319. The normalized spacial score (nSPS) is 16.2. The first-order valence-electron chi connectivity index (χ1n) is 11.4. The van der Waals surface area contributed by atoms with Crippen molar-refractivity contribution in [3.8, 4) is 0 Å². The fraction of sp³-hybridized carbons (Fsp3) is 0.320. The quantitative estimate of drug-likeness (QED) is 0.475. The van der Waals surface area contributed by atoms with Gasteiger partial charge in [0, 0.05) is 24.0 Å². The van der Waals surface area contributed by atoms with Crippen molar-refractivity contribution in [2.75, 3.05) is 13.1 Å². The highest BCUT2D eigenvalue weighted by molar-refractivity contribution is 6.30. The molecule has 1 saturated heterocycles. The van der Waals surface area contributed by atoms with E-state index >= 15 is 0 Å². The van der Waals surface area contributed by atoms with E-state index in [1.807, 2.05) is 54.3 Å². The molecule has 4 aromatic rings. The van der Waals surface area contributed by atoms with Crippen molar-refractivity contribution in [3.05, 3.63) is 86.4 Å². The van der Waals surface area contributed by atoms with Crippen LogP contribution < -0.4 is 5.56 Å². The second kappa shape index (κ2) is 9.38. The monoisotopic (exact) mass is 476 g/mol. The number of hydrogen-bond acceptors (Lipinski definition) is 5. The van der Waals surface area contributed by atoms with Crippen molar-refractivity contribution < 1.29 is 4.79 Å². The molecule has 34 heavy (non-hydrogen) atoms. The van der Waals surface area contributed by atoms with Crippen LogP contribution in [0, 0.1) is 6.92 Å². The van der Waals surface area contributed by atoms with Crippen molar-refractivity contribution >= 4 is 28.7 Å². The summed E-state index contributed by atoms with van der Waals surface area (Å²) in [5.74, 6) is 0.604. The lowest BCUT2D eigenvalue weighted by Gasteiger charge is -2.32. The van der Waals surface area contributed by atoms with Gasteiger partial charge in [-0.1, -0.05) is 58.8 Å². The number of fused-ring (bicyclic) bond motifs is 1. The average molecular weight is 477 g/mol. The Morgan fingerprint density at radius 1 is 1.18 bits per heavy atom. The molecule has 174 valence electrons. The van der Waals surface area contributed by atoms with Crippen molar-refractivity contribution in [3.63, 3.8) is 0 Å². The van der Waals surface area contributed by atoms with Gasteiger partial charge in [0.05, 0.1) is 13.0 Å². The smallest absolute Gasteiger partial charge is 0.281 e. The van der Waals surface area contributed by atoms with Gasteiger partial charge >= 0.3 is 0 Å². The zero-order valence-corrected chi connectivity index (χ0v) is 19.6. The van der Waals surface area contributed by atoms with Crippen molar-refractivity contribution in [1.82, 2.24) is 29.9 Å². The Labute approximate surface area is 201 Å². The summed E-state index contributed by atoms with van der Waals surface area (Å²) in [6, 6.07) is 15.5. The van der Waals surface area contributed by atoms with Gasteiger partial charge < -0.3 is 9.88 Å². The molecule has 1 aliphatic heterocycles. The number of amides is 1. The van der Waals surface area contributed by atoms with E-state index in [0.717, 1.165) is 24.0 Å². The highest BCUT2D eigenvalue weighted by atomic mass is 35.5. The van der Waals surface area contributed by atoms with Gasteiger partial charge in [0.25, 0.3) is 5.56 Å². The maximum absolute atomic E-state index is 13.0. The number of nitrogens with one attached hydrogen (secondary N) is 1. The van der Waals surface area contributed by atoms with E-state index in [2.05, 4.69) is 15.3 Å². The fourth-order valence-corrected chi connectivity index (χ4v) is 4.62. The standard InChI is InChI=1S/C25H25ClN6O2/c1-16-7-9-17(10-8-16)13-21(33)31-11-3-5-19(15-31)23-27-24-22(25(34)28-23)29-30-32(24)14-18-4-2-6-20(26)12-18/h2,4,6-10,12,19H,3,5,11,13-15H2,1H3,(H,27,28,34)/t19-/m0/s1. The Morgan fingerprint density at radius 2 is 2.00 bits per heavy atom. The van der Waals surface area contributed by atoms with Crippen LogP contribution in [0.5, 0.6) is 0 Å². The minimum absolute atomic E-state index is 0.0534. The van der Waals surface area contributed by atoms with Gasteiger partial charge in [-0.15, -0.1) is 5.10 Å². The number of piperidine rings is 1. The van der Waals surface area contributed by atoms with Crippen LogP contribution in [0.15, 0.2) is 53.3 Å². The van der Waals surface area contributed by atoms with E-state index in [1.165, 1.54) is 5.56 Å². The molecule has 0 unspecified atom stereocenters. The summed E-state index contributed by atoms with van der Waals surface area (Å²) in [7, 11) is 0. The molecule has 1 fully saturated rings. The summed E-state index contributed by atoms with van der Waals surface area (Å²) in [6.07, 6.45) is 2.07. The molecule has 1 amide bonds. The molecule has 5 rings (SSSR count). The number of benzene rings is 2. The average Bonchev–Trinajstić information content (AvgIpc) is 3.24. The van der Waals surface area contributed by atoms with Crippen LogP contribution >= 0.6 is 11.6 Å². The Hall–Kier alpha value is -3.52. The Bertz CT molecular complexity index is 1390. The van der Waals surface area contributed by atoms with Crippen LogP contribution in [-0.2, 0) is 17.8 Å². The predicted octanol–water partition coefficient (Wildman–Crippen LogP) is 3.47. The number of likely N-dealkylation sites (tertiary alicyclic amines) is 1. The molecular weight excluding hydrogens is 452 g/mol. The molecule has 0 spiro atoms. The highest BCUT2D eigenvalue weighted by Crippen LogP contribution is 2.25. The van der Waals surface area contributed by atoms with Crippen molar-refractivity contribution in [2.45, 2.75) is 38.6 Å². The topological polar surface area (TPSA) is 96.8 Å². The zero-order valence-electron chi connectivity index (χ0n) is 18.9. The summed E-state index contributed by atoms with van der Waals surface area (Å²) < 4.78 is 1.61. The van der Waals surface area contributed by atoms with Gasteiger partial charge in [-0.3, -0.25) is 9.59 Å². The number of H-pyrrole nitrogens is 1. The van der Waals surface area contributed by atoms with Crippen LogP contribution in [0.2, 0.25) is 5.02 Å². The molecule has 0 aliphatic carbocycles. The third kappa shape index (κ3) is 4.72. The van der Waals surface area contributed by atoms with Crippen LogP contribution in [-0.4, -0.2) is 48.9 Å². The van der Waals surface area contributed by atoms with Crippen LogP contribution in [0.4, 0.5) is 0 Å². The van der Waals surface area contributed by atoms with Gasteiger partial charge in [0.2, 0.25) is 5.91 Å². The summed E-state index contributed by atoms with van der Waals surface area (Å²) in [5.41, 5.74) is 3.43. The Morgan fingerprint density at radius 3 is 2.79 bits per heavy atom. The van der Waals surface area contributed by atoms with E-state index in [4.69, 9.17) is 16.6 Å². The summed E-state index contributed by atoms with van der Waals surface area (Å²) in [6.45, 7) is 3.66. The lowest BCUT2D eigenvalue weighted by molar-refractivity contribution is -0.131. The molecule has 0 bridgehead atoms. The molecule has 1 atom stereocenters. The molecule has 1 aliphatic rings. The maximum atomic E-state index is 13.0. The summed E-state index contributed by atoms with van der Waals surface area (Å²) in [4.78, 5) is 35.2. The first kappa shape index (κ1) is 22.3. The van der Waals surface area contributed by atoms with Crippen LogP contribution in [0.1, 0.15) is 41.3 Å². The lowest BCUT2D eigenvalue weighted by atomic mass is 9.96. The van der Waals surface area contributed by atoms with E-state index in [9.17, 15) is 9.59 Å². The second-order valence-corrected chi connectivity index (χ2v) is 9.28. The SMILES string of the molecule is Cc1ccc(CC(=O)N2CCC[C@H](c3nc4c(nnn4Cc4cccc(Cl)c4)c(=O)[nH]3)C2)cc1. The molecule has 1 N–H and O–H groups in total. The molecule has 2 aromatic heterocycles. The van der Waals surface area contributed by atoms with Gasteiger partial charge in [-0.05, 0) is 43.0 Å². The molecule has 0 saturated carbocycles. The van der Waals surface area contributed by atoms with Gasteiger partial charge in [-0.25, -0.2) is 9.67 Å². The Balaban J connectivity index is 1.37. The maximum Gasteiger partial charge on any atom is 0.281 e. The fourth-order valence-electron chi connectivity index (χ4n) is 4.41. The molecule has 8 nitrogen and oxygen atoms in total. The number of aryl methyl sites for hydroxylation is 1. The van der Waals surface area contributed by atoms with Crippen molar-refractivity contribution in [2.24, 2.45) is 0 Å². The second-order valence-electron chi connectivity index (χ2n) is 8.84. The number of carbonyl (C=O) groups is 1. The lowest BCUT2D eigenvalue weighted by Crippen LogP contribution is -2.40. The van der Waals surface area contributed by atoms with Crippen LogP contribution in [0.25, 0.3) is 11.2 Å². The number of halogens is 1. The zero-order chi connectivity index (χ0) is 23.7. The molecular formula is C25H25ClN6O2. The molecule has 2 aromatic carbocycles. The molecule has 0 radical (unpaired) electrons. The first-order valence-corrected chi connectivity index (χ1v) is 11.8. The first-order chi connectivity index (χ1) is 16.5. The van der Waals surface area contributed by atoms with E-state index in [-0.39, 0.29) is 22.9 Å². The van der Waals surface area contributed by atoms with E-state index in [0.29, 0.717) is 42.5 Å². The summed E-state index contributed by atoms with van der Waals surface area (Å²) in [5, 5.41) is 8.80. The van der Waals surface area contributed by atoms with Crippen LogP contribution in [0.3, 0.4) is 0 Å². The number of hydrogen-bond donors (Lipinski definition) is 1. The summed E-state index contributed by atoms with van der Waals surface area (Å²) >= 11 is 6.10. The molecule has 9 heteroatoms. The van der Waals surface area contributed by atoms with Gasteiger partial charge in [-0.2, -0.15) is 0 Å². The van der Waals surface area contributed by atoms with Gasteiger partial charge in [0.15, 0.2) is 11.2 Å². The number of aromatic nitrogens is 5. The van der Waals surface area contributed by atoms with Crippen molar-refractivity contribution in [1.29, 1.82) is 0 Å². The number of aromatic amines is 1. The Kier molecular flexibility index (Phi) is 6.15. The number of nitrogens with zero attached hydrogens (tertiary/aromatic N) is 5. The van der Waals surface area contributed by atoms with E-state index in [1.54, 1.807) is 10.7 Å². The van der Waals surface area contributed by atoms with E-state index < -0.39 is 0 Å². The third-order valence-electron chi connectivity index (χ3n) is 6.25. The molecule has 3 heterocycles. The highest BCUT2D eigenvalue weighted by Gasteiger charge is 2.27. The van der Waals surface area contributed by atoms with Gasteiger partial charge in [0.1, 0.15) is 5.82 Å². The number of carbonyl (C=O) groups excluding carboxylic acids is 1. The third-order valence-corrected chi connectivity index (χ3v) is 6.49.